The van der Waals surface area contributed by atoms with Gasteiger partial charge in [0.15, 0.2) is 11.5 Å². The van der Waals surface area contributed by atoms with Gasteiger partial charge in [0.25, 0.3) is 0 Å². The number of carbonyl (C=O) groups excluding carboxylic acids is 1. The summed E-state index contributed by atoms with van der Waals surface area (Å²) in [6.07, 6.45) is 2.92. The molecule has 0 atom stereocenters. The van der Waals surface area contributed by atoms with Gasteiger partial charge in [-0.2, -0.15) is 0 Å². The van der Waals surface area contributed by atoms with Gasteiger partial charge in [-0.1, -0.05) is 6.07 Å². The average molecular weight is 320 g/mol. The van der Waals surface area contributed by atoms with E-state index in [2.05, 4.69) is 10.6 Å². The van der Waals surface area contributed by atoms with Crippen LogP contribution < -0.4 is 20.1 Å². The summed E-state index contributed by atoms with van der Waals surface area (Å²) in [6, 6.07) is 5.91. The maximum Gasteiger partial charge on any atom is 0.246 e. The van der Waals surface area contributed by atoms with Crippen LogP contribution in [-0.2, 0) is 16.0 Å². The first-order valence-electron chi connectivity index (χ1n) is 8.29. The molecule has 0 aromatic heterocycles. The van der Waals surface area contributed by atoms with Crippen LogP contribution in [0.15, 0.2) is 18.2 Å². The van der Waals surface area contributed by atoms with Crippen LogP contribution in [0.5, 0.6) is 11.5 Å². The summed E-state index contributed by atoms with van der Waals surface area (Å²) >= 11 is 0. The van der Waals surface area contributed by atoms with Crippen molar-refractivity contribution in [1.82, 2.24) is 10.6 Å². The number of carbonyl (C=O) groups is 1. The van der Waals surface area contributed by atoms with Gasteiger partial charge in [-0.3, -0.25) is 4.79 Å². The molecule has 1 amide bonds. The smallest absolute Gasteiger partial charge is 0.246 e. The highest BCUT2D eigenvalue weighted by molar-refractivity contribution is 5.77. The van der Waals surface area contributed by atoms with Crippen molar-refractivity contribution in [3.05, 3.63) is 23.8 Å². The summed E-state index contributed by atoms with van der Waals surface area (Å²) in [5.74, 6) is 1.52. The molecule has 1 aromatic rings. The summed E-state index contributed by atoms with van der Waals surface area (Å²) in [6.45, 7) is 3.85. The molecule has 0 saturated carbocycles. The van der Waals surface area contributed by atoms with Crippen LogP contribution in [0, 0.1) is 0 Å². The normalized spacial score (nSPS) is 17.7. The molecule has 126 valence electrons. The molecule has 1 fully saturated rings. The van der Waals surface area contributed by atoms with Gasteiger partial charge in [-0.25, -0.2) is 0 Å². The van der Waals surface area contributed by atoms with E-state index in [1.807, 2.05) is 18.2 Å². The summed E-state index contributed by atoms with van der Waals surface area (Å²) < 4.78 is 16.7. The van der Waals surface area contributed by atoms with Gasteiger partial charge < -0.3 is 24.8 Å². The van der Waals surface area contributed by atoms with Crippen molar-refractivity contribution in [1.29, 1.82) is 0 Å². The highest BCUT2D eigenvalue weighted by atomic mass is 16.6. The second-order valence-electron chi connectivity index (χ2n) is 5.84. The number of piperidine rings is 1. The summed E-state index contributed by atoms with van der Waals surface area (Å²) in [5, 5.41) is 6.18. The van der Waals surface area contributed by atoms with Crippen molar-refractivity contribution in [3.63, 3.8) is 0 Å². The molecule has 0 spiro atoms. The monoisotopic (exact) mass is 320 g/mol. The Labute approximate surface area is 136 Å². The zero-order valence-electron chi connectivity index (χ0n) is 13.3. The summed E-state index contributed by atoms with van der Waals surface area (Å²) in [7, 11) is 0. The van der Waals surface area contributed by atoms with Crippen molar-refractivity contribution in [3.8, 4) is 11.5 Å². The van der Waals surface area contributed by atoms with Crippen molar-refractivity contribution in [2.24, 2.45) is 0 Å². The highest BCUT2D eigenvalue weighted by Crippen LogP contribution is 2.30. The van der Waals surface area contributed by atoms with E-state index in [1.165, 1.54) is 0 Å². The van der Waals surface area contributed by atoms with Gasteiger partial charge in [0.1, 0.15) is 19.8 Å². The third-order valence-corrected chi connectivity index (χ3v) is 4.08. The summed E-state index contributed by atoms with van der Waals surface area (Å²) in [5.41, 5.74) is 1.12. The number of hydrogen-bond acceptors (Lipinski definition) is 5. The van der Waals surface area contributed by atoms with E-state index in [-0.39, 0.29) is 18.6 Å². The lowest BCUT2D eigenvalue weighted by molar-refractivity contribution is -0.128. The van der Waals surface area contributed by atoms with Crippen LogP contribution in [0.3, 0.4) is 0 Å². The lowest BCUT2D eigenvalue weighted by atomic mass is 10.1. The summed E-state index contributed by atoms with van der Waals surface area (Å²) in [4.78, 5) is 11.8. The minimum atomic E-state index is -0.0546. The van der Waals surface area contributed by atoms with Crippen LogP contribution in [-0.4, -0.2) is 51.5 Å². The van der Waals surface area contributed by atoms with Crippen LogP contribution in [0.4, 0.5) is 0 Å². The molecule has 3 rings (SSSR count). The van der Waals surface area contributed by atoms with Crippen LogP contribution in [0.2, 0.25) is 0 Å². The third kappa shape index (κ3) is 4.84. The van der Waals surface area contributed by atoms with E-state index in [0.717, 1.165) is 49.4 Å². The number of ether oxygens (including phenoxy) is 3. The molecular formula is C17H24N2O4. The maximum absolute atomic E-state index is 11.8. The van der Waals surface area contributed by atoms with Crippen LogP contribution in [0.1, 0.15) is 18.4 Å². The molecule has 2 aliphatic rings. The van der Waals surface area contributed by atoms with Gasteiger partial charge in [0.05, 0.1) is 6.10 Å². The molecule has 6 nitrogen and oxygen atoms in total. The van der Waals surface area contributed by atoms with E-state index in [9.17, 15) is 4.79 Å². The first-order valence-corrected chi connectivity index (χ1v) is 8.29. The topological polar surface area (TPSA) is 68.8 Å². The van der Waals surface area contributed by atoms with E-state index in [0.29, 0.717) is 19.8 Å². The zero-order valence-corrected chi connectivity index (χ0v) is 13.3. The Kier molecular flexibility index (Phi) is 5.71. The Morgan fingerprint density at radius 2 is 2.00 bits per heavy atom. The van der Waals surface area contributed by atoms with Gasteiger partial charge in [-0.15, -0.1) is 0 Å². The molecule has 2 heterocycles. The predicted octanol–water partition coefficient (Wildman–Crippen LogP) is 0.885. The predicted molar refractivity (Wildman–Crippen MR) is 86.0 cm³/mol. The molecule has 6 heteroatoms. The molecule has 0 radical (unpaired) electrons. The molecule has 2 N–H and O–H groups in total. The Bertz CT molecular complexity index is 529. The minimum Gasteiger partial charge on any atom is -0.486 e. The standard InChI is InChI=1S/C17H24N2O4/c20-17(12-23-14-4-6-18-7-5-14)19-8-3-13-1-2-15-16(11-13)22-10-9-21-15/h1-2,11,14,18H,3-10,12H2,(H,19,20). The van der Waals surface area contributed by atoms with Crippen molar-refractivity contribution in [2.75, 3.05) is 39.5 Å². The molecule has 1 saturated heterocycles. The molecule has 0 unspecified atom stereocenters. The number of rotatable bonds is 6. The van der Waals surface area contributed by atoms with Gasteiger partial charge in [-0.05, 0) is 50.0 Å². The number of fused-ring (bicyclic) bond motifs is 1. The fourth-order valence-corrected chi connectivity index (χ4v) is 2.80. The Hall–Kier alpha value is -1.79. The first-order chi connectivity index (χ1) is 11.3. The molecule has 23 heavy (non-hydrogen) atoms. The van der Waals surface area contributed by atoms with Gasteiger partial charge >= 0.3 is 0 Å². The van der Waals surface area contributed by atoms with Gasteiger partial charge in [0.2, 0.25) is 5.91 Å². The Balaban J connectivity index is 1.36. The van der Waals surface area contributed by atoms with Crippen LogP contribution in [0.25, 0.3) is 0 Å². The number of benzene rings is 1. The number of hydrogen-bond donors (Lipinski definition) is 2. The van der Waals surface area contributed by atoms with Crippen molar-refractivity contribution >= 4 is 5.91 Å². The Morgan fingerprint density at radius 3 is 2.83 bits per heavy atom. The highest BCUT2D eigenvalue weighted by Gasteiger charge is 2.15. The molecular weight excluding hydrogens is 296 g/mol. The lowest BCUT2D eigenvalue weighted by Crippen LogP contribution is -2.36. The van der Waals surface area contributed by atoms with Crippen molar-refractivity contribution < 1.29 is 19.0 Å². The quantitative estimate of drug-likeness (QED) is 0.814. The largest absolute Gasteiger partial charge is 0.486 e. The Morgan fingerprint density at radius 1 is 1.22 bits per heavy atom. The van der Waals surface area contributed by atoms with E-state index in [4.69, 9.17) is 14.2 Å². The van der Waals surface area contributed by atoms with E-state index >= 15 is 0 Å². The molecule has 0 bridgehead atoms. The van der Waals surface area contributed by atoms with Crippen LogP contribution >= 0.6 is 0 Å². The first kappa shape index (κ1) is 16.1. The number of amides is 1. The number of nitrogens with one attached hydrogen (secondary N) is 2. The van der Waals surface area contributed by atoms with Gasteiger partial charge in [0, 0.05) is 6.54 Å². The fourth-order valence-electron chi connectivity index (χ4n) is 2.80. The average Bonchev–Trinajstić information content (AvgIpc) is 2.61. The second kappa shape index (κ2) is 8.17. The second-order valence-corrected chi connectivity index (χ2v) is 5.84. The zero-order chi connectivity index (χ0) is 15.9. The fraction of sp³-hybridized carbons (Fsp3) is 0.588. The SMILES string of the molecule is O=C(COC1CCNCC1)NCCc1ccc2c(c1)OCCO2. The molecule has 2 aliphatic heterocycles. The third-order valence-electron chi connectivity index (χ3n) is 4.08. The lowest BCUT2D eigenvalue weighted by Gasteiger charge is -2.22. The molecule has 1 aromatic carbocycles. The van der Waals surface area contributed by atoms with E-state index < -0.39 is 0 Å². The maximum atomic E-state index is 11.8. The van der Waals surface area contributed by atoms with Crippen molar-refractivity contribution in [2.45, 2.75) is 25.4 Å². The van der Waals surface area contributed by atoms with E-state index in [1.54, 1.807) is 0 Å². The molecule has 0 aliphatic carbocycles. The minimum absolute atomic E-state index is 0.0546.